The minimum absolute atomic E-state index is 0.0969. The summed E-state index contributed by atoms with van der Waals surface area (Å²) in [7, 11) is 1.35. The summed E-state index contributed by atoms with van der Waals surface area (Å²) in [5, 5.41) is 18.9. The number of nitro groups is 1. The number of nitro benzene ring substituents is 1. The number of methoxy groups -OCH3 is 1. The predicted octanol–water partition coefficient (Wildman–Crippen LogP) is 2.41. The molecular formula is C15H18N4O5. The summed E-state index contributed by atoms with van der Waals surface area (Å²) < 4.78 is 11.6. The van der Waals surface area contributed by atoms with E-state index in [1.54, 1.807) is 26.8 Å². The number of hydrogen-bond donors (Lipinski definition) is 0. The van der Waals surface area contributed by atoms with Crippen LogP contribution in [0.5, 0.6) is 5.75 Å². The first-order valence-electron chi connectivity index (χ1n) is 7.13. The van der Waals surface area contributed by atoms with E-state index < -0.39 is 10.3 Å². The van der Waals surface area contributed by atoms with Crippen molar-refractivity contribution in [2.24, 2.45) is 5.41 Å². The van der Waals surface area contributed by atoms with Crippen LogP contribution in [-0.4, -0.2) is 33.0 Å². The van der Waals surface area contributed by atoms with Gasteiger partial charge in [0.25, 0.3) is 0 Å². The van der Waals surface area contributed by atoms with Crippen LogP contribution < -0.4 is 4.74 Å². The summed E-state index contributed by atoms with van der Waals surface area (Å²) in [6, 6.07) is 4.52. The second kappa shape index (κ2) is 6.65. The Balaban J connectivity index is 2.24. The first-order valence-corrected chi connectivity index (χ1v) is 7.13. The largest absolute Gasteiger partial charge is 0.490 e. The van der Waals surface area contributed by atoms with Gasteiger partial charge in [-0.25, -0.2) is 4.68 Å². The van der Waals surface area contributed by atoms with Crippen molar-refractivity contribution >= 4 is 11.7 Å². The van der Waals surface area contributed by atoms with Gasteiger partial charge in [-0.3, -0.25) is 14.9 Å². The summed E-state index contributed by atoms with van der Waals surface area (Å²) in [5.41, 5.74) is 0.0262. The third kappa shape index (κ3) is 3.67. The highest BCUT2D eigenvalue weighted by molar-refractivity contribution is 5.75. The second-order valence-corrected chi connectivity index (χ2v) is 6.07. The molecule has 1 aromatic heterocycles. The monoisotopic (exact) mass is 334 g/mol. The second-order valence-electron chi connectivity index (χ2n) is 6.07. The fraction of sp³-hybridized carbons (Fsp3) is 0.400. The van der Waals surface area contributed by atoms with E-state index in [0.717, 1.165) is 0 Å². The topological polar surface area (TPSA) is 109 Å². The van der Waals surface area contributed by atoms with Crippen LogP contribution in [0.15, 0.2) is 24.4 Å². The smallest absolute Gasteiger partial charge is 0.313 e. The molecule has 0 radical (unpaired) electrons. The maximum atomic E-state index is 11.8. The van der Waals surface area contributed by atoms with Crippen LogP contribution in [0.3, 0.4) is 0 Å². The van der Waals surface area contributed by atoms with Gasteiger partial charge in [-0.1, -0.05) is 11.3 Å². The average molecular weight is 334 g/mol. The number of para-hydroxylation sites is 1. The van der Waals surface area contributed by atoms with Gasteiger partial charge in [0.1, 0.15) is 5.69 Å². The Hall–Kier alpha value is -2.97. The van der Waals surface area contributed by atoms with Crippen molar-refractivity contribution in [3.8, 4) is 17.0 Å². The van der Waals surface area contributed by atoms with Gasteiger partial charge < -0.3 is 9.47 Å². The molecule has 0 amide bonds. The predicted molar refractivity (Wildman–Crippen MR) is 84.2 cm³/mol. The molecule has 0 saturated heterocycles. The maximum Gasteiger partial charge on any atom is 0.313 e. The Labute approximate surface area is 138 Å². The molecule has 0 bridgehead atoms. The van der Waals surface area contributed by atoms with Crippen molar-refractivity contribution < 1.29 is 19.2 Å². The molecule has 0 N–H and O–H groups in total. The first-order chi connectivity index (χ1) is 11.2. The fourth-order valence-electron chi connectivity index (χ4n) is 1.91. The quantitative estimate of drug-likeness (QED) is 0.469. The van der Waals surface area contributed by atoms with Gasteiger partial charge in [0, 0.05) is 6.07 Å². The van der Waals surface area contributed by atoms with E-state index >= 15 is 0 Å². The van der Waals surface area contributed by atoms with E-state index in [0.29, 0.717) is 11.3 Å². The Kier molecular flexibility index (Phi) is 4.82. The molecule has 0 spiro atoms. The molecule has 128 valence electrons. The summed E-state index contributed by atoms with van der Waals surface area (Å²) in [6.07, 6.45) is 1.53. The van der Waals surface area contributed by atoms with Crippen LogP contribution in [0.4, 0.5) is 5.69 Å². The minimum atomic E-state index is -0.618. The molecule has 2 aromatic rings. The standard InChI is InChI=1S/C15H18N4O5/c1-15(2,3)14(20)24-9-18-8-11(16-17-18)10-6-5-7-12(19(21)22)13(10)23-4/h5-8H,9H2,1-4H3. The van der Waals surface area contributed by atoms with Gasteiger partial charge in [-0.15, -0.1) is 5.10 Å². The van der Waals surface area contributed by atoms with Gasteiger partial charge in [0.05, 0.1) is 29.2 Å². The van der Waals surface area contributed by atoms with Gasteiger partial charge in [0.15, 0.2) is 6.73 Å². The lowest BCUT2D eigenvalue weighted by atomic mass is 9.98. The van der Waals surface area contributed by atoms with Crippen molar-refractivity contribution in [1.29, 1.82) is 0 Å². The first kappa shape index (κ1) is 17.4. The molecule has 0 atom stereocenters. The van der Waals surface area contributed by atoms with Crippen molar-refractivity contribution in [2.45, 2.75) is 27.5 Å². The van der Waals surface area contributed by atoms with Crippen LogP contribution in [0.2, 0.25) is 0 Å². The number of esters is 1. The van der Waals surface area contributed by atoms with E-state index in [2.05, 4.69) is 10.3 Å². The summed E-state index contributed by atoms with van der Waals surface area (Å²) in [5.74, 6) is -0.270. The lowest BCUT2D eigenvalue weighted by molar-refractivity contribution is -0.385. The third-order valence-electron chi connectivity index (χ3n) is 3.15. The number of benzene rings is 1. The normalized spacial score (nSPS) is 11.2. The van der Waals surface area contributed by atoms with E-state index in [-0.39, 0.29) is 24.1 Å². The van der Waals surface area contributed by atoms with Crippen LogP contribution in [-0.2, 0) is 16.3 Å². The Morgan fingerprint density at radius 3 is 2.67 bits per heavy atom. The highest BCUT2D eigenvalue weighted by atomic mass is 16.6. The highest BCUT2D eigenvalue weighted by Crippen LogP contribution is 2.36. The molecule has 0 saturated carbocycles. The Morgan fingerprint density at radius 1 is 1.38 bits per heavy atom. The number of aromatic nitrogens is 3. The molecule has 0 unspecified atom stereocenters. The number of hydrogen-bond acceptors (Lipinski definition) is 7. The molecule has 24 heavy (non-hydrogen) atoms. The zero-order chi connectivity index (χ0) is 17.9. The van der Waals surface area contributed by atoms with Crippen molar-refractivity contribution in [3.63, 3.8) is 0 Å². The van der Waals surface area contributed by atoms with E-state index in [1.807, 2.05) is 0 Å². The third-order valence-corrected chi connectivity index (χ3v) is 3.15. The molecule has 9 heteroatoms. The number of carbonyl (C=O) groups excluding carboxylic acids is 1. The van der Waals surface area contributed by atoms with Crippen LogP contribution in [0.1, 0.15) is 20.8 Å². The lowest BCUT2D eigenvalue weighted by Gasteiger charge is -2.15. The molecular weight excluding hydrogens is 316 g/mol. The van der Waals surface area contributed by atoms with E-state index in [1.165, 1.54) is 30.1 Å². The Morgan fingerprint density at radius 2 is 2.08 bits per heavy atom. The zero-order valence-corrected chi connectivity index (χ0v) is 13.8. The van der Waals surface area contributed by atoms with Gasteiger partial charge in [0.2, 0.25) is 5.75 Å². The van der Waals surface area contributed by atoms with Gasteiger partial charge >= 0.3 is 11.7 Å². The zero-order valence-electron chi connectivity index (χ0n) is 13.8. The van der Waals surface area contributed by atoms with Crippen molar-refractivity contribution in [3.05, 3.63) is 34.5 Å². The maximum absolute atomic E-state index is 11.8. The van der Waals surface area contributed by atoms with Crippen LogP contribution in [0, 0.1) is 15.5 Å². The average Bonchev–Trinajstić information content (AvgIpc) is 2.99. The molecule has 0 aliphatic rings. The van der Waals surface area contributed by atoms with Crippen LogP contribution in [0.25, 0.3) is 11.3 Å². The van der Waals surface area contributed by atoms with Gasteiger partial charge in [-0.05, 0) is 26.8 Å². The molecule has 1 heterocycles. The number of nitrogens with zero attached hydrogens (tertiary/aromatic N) is 4. The minimum Gasteiger partial charge on any atom is -0.490 e. The summed E-state index contributed by atoms with van der Waals surface area (Å²) >= 11 is 0. The summed E-state index contributed by atoms with van der Waals surface area (Å²) in [6.45, 7) is 5.14. The van der Waals surface area contributed by atoms with Gasteiger partial charge in [-0.2, -0.15) is 0 Å². The highest BCUT2D eigenvalue weighted by Gasteiger charge is 2.24. The number of rotatable bonds is 5. The fourth-order valence-corrected chi connectivity index (χ4v) is 1.91. The van der Waals surface area contributed by atoms with Crippen molar-refractivity contribution in [1.82, 2.24) is 15.0 Å². The summed E-state index contributed by atoms with van der Waals surface area (Å²) in [4.78, 5) is 22.3. The molecule has 2 rings (SSSR count). The number of ether oxygens (including phenoxy) is 2. The lowest BCUT2D eigenvalue weighted by Crippen LogP contribution is -2.24. The molecule has 0 aliphatic carbocycles. The SMILES string of the molecule is COc1c(-c2cn(COC(=O)C(C)(C)C)nn2)cccc1[N+](=O)[O-]. The van der Waals surface area contributed by atoms with Crippen molar-refractivity contribution in [2.75, 3.05) is 7.11 Å². The van der Waals surface area contributed by atoms with E-state index in [9.17, 15) is 14.9 Å². The molecule has 0 aliphatic heterocycles. The molecule has 1 aromatic carbocycles. The molecule has 0 fully saturated rings. The number of carbonyl (C=O) groups is 1. The Bertz CT molecular complexity index is 763. The van der Waals surface area contributed by atoms with Crippen LogP contribution >= 0.6 is 0 Å². The van der Waals surface area contributed by atoms with E-state index in [4.69, 9.17) is 9.47 Å². The molecule has 9 nitrogen and oxygen atoms in total.